The Bertz CT molecular complexity index is 78.7. The van der Waals surface area contributed by atoms with E-state index in [0.29, 0.717) is 0 Å². The minimum Gasteiger partial charge on any atom is -0.394 e. The van der Waals surface area contributed by atoms with Gasteiger partial charge in [0.25, 0.3) is 0 Å². The summed E-state index contributed by atoms with van der Waals surface area (Å²) in [6.07, 6.45) is 0. The van der Waals surface area contributed by atoms with Crippen LogP contribution in [-0.2, 0) is 11.8 Å². The summed E-state index contributed by atoms with van der Waals surface area (Å²) in [5.74, 6) is 0. The molecular formula is C2H9O5PS. The van der Waals surface area contributed by atoms with Crippen LogP contribution >= 0.6 is 6.72 Å². The number of hydrogen-bond acceptors (Lipinski definition) is 3. The summed E-state index contributed by atoms with van der Waals surface area (Å²) in [6, 6.07) is 0. The summed E-state index contributed by atoms with van der Waals surface area (Å²) >= 11 is 3.60. The van der Waals surface area contributed by atoms with Gasteiger partial charge in [-0.2, -0.15) is 0 Å². The second kappa shape index (κ2) is 6.57. The number of aliphatic hydroxyl groups is 2. The average Bonchev–Trinajstić information content (AvgIpc) is 1.61. The maximum Gasteiger partial charge on any atom is 0.319 e. The molecule has 0 aromatic rings. The van der Waals surface area contributed by atoms with Crippen molar-refractivity contribution >= 4 is 18.5 Å². The van der Waals surface area contributed by atoms with Crippen molar-refractivity contribution in [1.29, 1.82) is 0 Å². The second-order valence-electron chi connectivity index (χ2n) is 0.960. The van der Waals surface area contributed by atoms with Crippen LogP contribution in [0.1, 0.15) is 0 Å². The molecule has 58 valence electrons. The van der Waals surface area contributed by atoms with E-state index >= 15 is 0 Å². The number of hydrogen-bond donors (Lipinski definition) is 5. The van der Waals surface area contributed by atoms with Crippen LogP contribution in [0.3, 0.4) is 0 Å². The van der Waals surface area contributed by atoms with E-state index in [-0.39, 0.29) is 13.2 Å². The molecule has 0 rings (SSSR count). The lowest BCUT2D eigenvalue weighted by atomic mass is 10.8. The highest BCUT2D eigenvalue weighted by atomic mass is 32.5. The molecule has 0 aliphatic rings. The third-order valence-electron chi connectivity index (χ3n) is 0.1000. The van der Waals surface area contributed by atoms with Crippen molar-refractivity contribution in [3.8, 4) is 0 Å². The van der Waals surface area contributed by atoms with Gasteiger partial charge in [0.1, 0.15) is 0 Å². The van der Waals surface area contributed by atoms with E-state index in [1.807, 2.05) is 0 Å². The first-order valence-electron chi connectivity index (χ1n) is 1.92. The fourth-order valence-electron chi connectivity index (χ4n) is 0. The molecule has 0 saturated heterocycles. The van der Waals surface area contributed by atoms with Crippen molar-refractivity contribution in [3.05, 3.63) is 0 Å². The average molecular weight is 176 g/mol. The van der Waals surface area contributed by atoms with Crippen LogP contribution in [0.2, 0.25) is 0 Å². The molecule has 7 heteroatoms. The summed E-state index contributed by atoms with van der Waals surface area (Å²) in [6.45, 7) is -4.06. The summed E-state index contributed by atoms with van der Waals surface area (Å²) in [5, 5.41) is 15.2. The highest BCUT2D eigenvalue weighted by Crippen LogP contribution is 2.26. The summed E-state index contributed by atoms with van der Waals surface area (Å²) in [7, 11) is 0. The van der Waals surface area contributed by atoms with Crippen molar-refractivity contribution in [2.45, 2.75) is 0 Å². The predicted octanol–water partition coefficient (Wildman–Crippen LogP) is -1.84. The van der Waals surface area contributed by atoms with Gasteiger partial charge in [0.2, 0.25) is 0 Å². The smallest absolute Gasteiger partial charge is 0.319 e. The zero-order chi connectivity index (χ0) is 7.91. The molecule has 5 nitrogen and oxygen atoms in total. The maximum absolute atomic E-state index is 7.62. The van der Waals surface area contributed by atoms with E-state index in [2.05, 4.69) is 11.8 Å². The monoisotopic (exact) mass is 176 g/mol. The molecule has 0 radical (unpaired) electrons. The lowest BCUT2D eigenvalue weighted by molar-refractivity contribution is 0.186. The van der Waals surface area contributed by atoms with E-state index in [9.17, 15) is 0 Å². The molecule has 0 atom stereocenters. The lowest BCUT2D eigenvalue weighted by Gasteiger charge is -1.88. The standard InChI is InChI=1S/C2H6O2.H3O3PS/c3-1-2-4;1-4(2,3)5/h3-4H,1-2H2;(H3,1,2,3,5). The summed E-state index contributed by atoms with van der Waals surface area (Å²) < 4.78 is 0. The fourth-order valence-corrected chi connectivity index (χ4v) is 0. The van der Waals surface area contributed by atoms with Gasteiger partial charge in [-0.25, -0.2) is 0 Å². The molecule has 9 heavy (non-hydrogen) atoms. The molecule has 0 unspecified atom stereocenters. The van der Waals surface area contributed by atoms with E-state index in [4.69, 9.17) is 24.9 Å². The molecular weight excluding hydrogens is 167 g/mol. The first kappa shape index (κ1) is 12.2. The molecule has 0 amide bonds. The van der Waals surface area contributed by atoms with Gasteiger partial charge in [-0.3, -0.25) is 0 Å². The van der Waals surface area contributed by atoms with Gasteiger partial charge < -0.3 is 24.9 Å². The van der Waals surface area contributed by atoms with Crippen LogP contribution in [0.15, 0.2) is 0 Å². The lowest BCUT2D eigenvalue weighted by Crippen LogP contribution is -1.85. The first-order valence-corrected chi connectivity index (χ1v) is 4.58. The van der Waals surface area contributed by atoms with E-state index in [1.54, 1.807) is 0 Å². The Morgan fingerprint density at radius 3 is 1.11 bits per heavy atom. The van der Waals surface area contributed by atoms with Crippen LogP contribution in [0.5, 0.6) is 0 Å². The number of rotatable bonds is 1. The topological polar surface area (TPSA) is 101 Å². The van der Waals surface area contributed by atoms with Gasteiger partial charge in [0.05, 0.1) is 13.2 Å². The van der Waals surface area contributed by atoms with Crippen LogP contribution in [0, 0.1) is 0 Å². The minimum absolute atomic E-state index is 0.125. The van der Waals surface area contributed by atoms with E-state index in [1.165, 1.54) is 0 Å². The molecule has 0 bridgehead atoms. The fraction of sp³-hybridized carbons (Fsp3) is 1.00. The molecule has 0 aromatic carbocycles. The molecule has 0 fully saturated rings. The van der Waals surface area contributed by atoms with Crippen molar-refractivity contribution in [2.75, 3.05) is 13.2 Å². The Balaban J connectivity index is 0. The van der Waals surface area contributed by atoms with Gasteiger partial charge in [-0.1, -0.05) is 0 Å². The van der Waals surface area contributed by atoms with E-state index in [0.717, 1.165) is 0 Å². The van der Waals surface area contributed by atoms with E-state index < -0.39 is 6.72 Å². The SMILES string of the molecule is OCCO.OP(O)(O)=S. The van der Waals surface area contributed by atoms with Crippen LogP contribution in [-0.4, -0.2) is 38.1 Å². The third-order valence-corrected chi connectivity index (χ3v) is 0.1000. The zero-order valence-electron chi connectivity index (χ0n) is 4.51. The quantitative estimate of drug-likeness (QED) is 0.301. The van der Waals surface area contributed by atoms with Crippen molar-refractivity contribution < 1.29 is 24.9 Å². The second-order valence-corrected chi connectivity index (χ2v) is 3.46. The highest BCUT2D eigenvalue weighted by Gasteiger charge is 1.92. The Hall–Kier alpha value is 0.450. The molecule has 0 saturated carbocycles. The van der Waals surface area contributed by atoms with Gasteiger partial charge in [-0.05, 0) is 11.8 Å². The van der Waals surface area contributed by atoms with Gasteiger partial charge >= 0.3 is 6.72 Å². The Kier molecular flexibility index (Phi) is 8.87. The van der Waals surface area contributed by atoms with Crippen molar-refractivity contribution in [2.24, 2.45) is 0 Å². The molecule has 0 heterocycles. The van der Waals surface area contributed by atoms with Crippen LogP contribution in [0.4, 0.5) is 0 Å². The van der Waals surface area contributed by atoms with Crippen LogP contribution in [0.25, 0.3) is 0 Å². The number of aliphatic hydroxyl groups excluding tert-OH is 2. The largest absolute Gasteiger partial charge is 0.394 e. The van der Waals surface area contributed by atoms with Gasteiger partial charge in [0.15, 0.2) is 0 Å². The first-order chi connectivity index (χ1) is 3.91. The Morgan fingerprint density at radius 2 is 1.11 bits per heavy atom. The van der Waals surface area contributed by atoms with Gasteiger partial charge in [0, 0.05) is 0 Å². The Labute approximate surface area is 57.5 Å². The van der Waals surface area contributed by atoms with Crippen molar-refractivity contribution in [3.63, 3.8) is 0 Å². The summed E-state index contributed by atoms with van der Waals surface area (Å²) in [5.41, 5.74) is 0. The van der Waals surface area contributed by atoms with Gasteiger partial charge in [-0.15, -0.1) is 0 Å². The van der Waals surface area contributed by atoms with Crippen molar-refractivity contribution in [1.82, 2.24) is 0 Å². The third kappa shape index (κ3) is 167. The Morgan fingerprint density at radius 1 is 1.00 bits per heavy atom. The zero-order valence-corrected chi connectivity index (χ0v) is 6.22. The molecule has 0 aromatic heterocycles. The predicted molar refractivity (Wildman–Crippen MR) is 35.1 cm³/mol. The maximum atomic E-state index is 7.62. The summed E-state index contributed by atoms with van der Waals surface area (Å²) in [4.78, 5) is 22.7. The highest BCUT2D eigenvalue weighted by molar-refractivity contribution is 8.06. The minimum atomic E-state index is -3.81. The molecule has 0 spiro atoms. The van der Waals surface area contributed by atoms with Crippen LogP contribution < -0.4 is 0 Å². The molecule has 0 aliphatic heterocycles. The molecule has 5 N–H and O–H groups in total. The molecule has 0 aliphatic carbocycles. The normalized spacial score (nSPS) is 9.89.